The van der Waals surface area contributed by atoms with Crippen LogP contribution < -0.4 is 10.1 Å². The van der Waals surface area contributed by atoms with Crippen molar-refractivity contribution in [2.45, 2.75) is 25.3 Å². The van der Waals surface area contributed by atoms with Crippen LogP contribution in [-0.2, 0) is 20.7 Å². The first-order valence-electron chi connectivity index (χ1n) is 7.81. The Morgan fingerprint density at radius 2 is 2.22 bits per heavy atom. The fourth-order valence-corrected chi connectivity index (χ4v) is 2.67. The molecule has 6 nitrogen and oxygen atoms in total. The molecular formula is C17H24N2O4. The number of carbonyl (C=O) groups is 2. The van der Waals surface area contributed by atoms with Gasteiger partial charge in [0.2, 0.25) is 11.8 Å². The van der Waals surface area contributed by atoms with Gasteiger partial charge in [0, 0.05) is 33.0 Å². The molecule has 1 N–H and O–H groups in total. The van der Waals surface area contributed by atoms with E-state index in [-0.39, 0.29) is 17.9 Å². The molecular weight excluding hydrogens is 296 g/mol. The molecule has 1 saturated heterocycles. The zero-order chi connectivity index (χ0) is 16.7. The van der Waals surface area contributed by atoms with E-state index < -0.39 is 0 Å². The van der Waals surface area contributed by atoms with E-state index >= 15 is 0 Å². The summed E-state index contributed by atoms with van der Waals surface area (Å²) in [6.45, 7) is 1.65. The minimum absolute atomic E-state index is 0.0285. The minimum Gasteiger partial charge on any atom is -0.497 e. The van der Waals surface area contributed by atoms with Crippen LogP contribution in [0.2, 0.25) is 0 Å². The smallest absolute Gasteiger partial charge is 0.224 e. The minimum atomic E-state index is -0.0998. The van der Waals surface area contributed by atoms with Crippen LogP contribution in [0.25, 0.3) is 0 Å². The molecule has 1 aromatic rings. The summed E-state index contributed by atoms with van der Waals surface area (Å²) in [5, 5.41) is 2.94. The molecule has 0 bridgehead atoms. The predicted octanol–water partition coefficient (Wildman–Crippen LogP) is 0.991. The molecule has 0 unspecified atom stereocenters. The van der Waals surface area contributed by atoms with E-state index in [2.05, 4.69) is 5.32 Å². The number of hydrogen-bond donors (Lipinski definition) is 1. The first kappa shape index (κ1) is 17.3. The number of aryl methyl sites for hydroxylation is 1. The summed E-state index contributed by atoms with van der Waals surface area (Å²) in [7, 11) is 3.23. The van der Waals surface area contributed by atoms with Crippen LogP contribution in [0.3, 0.4) is 0 Å². The second-order valence-electron chi connectivity index (χ2n) is 5.65. The highest BCUT2D eigenvalue weighted by Crippen LogP contribution is 2.14. The summed E-state index contributed by atoms with van der Waals surface area (Å²) < 4.78 is 10.2. The molecule has 1 aliphatic heterocycles. The molecule has 2 amide bonds. The highest BCUT2D eigenvalue weighted by molar-refractivity contribution is 5.82. The Bertz CT molecular complexity index is 547. The number of amides is 2. The standard InChI is InChI=1S/C17H24N2O4/c1-22-9-8-19-12-14(11-17(19)21)18-16(20)7-6-13-4-3-5-15(10-13)23-2/h3-5,10,14H,6-9,11-12H2,1-2H3,(H,18,20)/t14-/m0/s1. The number of nitrogens with one attached hydrogen (secondary N) is 1. The van der Waals surface area contributed by atoms with E-state index in [9.17, 15) is 9.59 Å². The Labute approximate surface area is 136 Å². The Balaban J connectivity index is 1.75. The lowest BCUT2D eigenvalue weighted by Gasteiger charge is -2.16. The number of carbonyl (C=O) groups excluding carboxylic acids is 2. The Kier molecular flexibility index (Phi) is 6.40. The van der Waals surface area contributed by atoms with Gasteiger partial charge in [-0.05, 0) is 24.1 Å². The van der Waals surface area contributed by atoms with E-state index in [4.69, 9.17) is 9.47 Å². The zero-order valence-corrected chi connectivity index (χ0v) is 13.7. The average molecular weight is 320 g/mol. The van der Waals surface area contributed by atoms with Crippen LogP contribution in [0, 0.1) is 0 Å². The molecule has 1 aromatic carbocycles. The number of benzene rings is 1. The van der Waals surface area contributed by atoms with Crippen molar-refractivity contribution in [2.24, 2.45) is 0 Å². The second kappa shape index (κ2) is 8.53. The van der Waals surface area contributed by atoms with Gasteiger partial charge in [-0.1, -0.05) is 12.1 Å². The lowest BCUT2D eigenvalue weighted by molar-refractivity contribution is -0.128. The van der Waals surface area contributed by atoms with Crippen molar-refractivity contribution in [1.29, 1.82) is 0 Å². The number of methoxy groups -OCH3 is 2. The summed E-state index contributed by atoms with van der Waals surface area (Å²) >= 11 is 0. The number of nitrogens with zero attached hydrogens (tertiary/aromatic N) is 1. The molecule has 126 valence electrons. The molecule has 2 rings (SSSR count). The van der Waals surface area contributed by atoms with E-state index in [1.165, 1.54) is 0 Å². The molecule has 23 heavy (non-hydrogen) atoms. The number of hydrogen-bond acceptors (Lipinski definition) is 4. The lowest BCUT2D eigenvalue weighted by Crippen LogP contribution is -2.37. The summed E-state index contributed by atoms with van der Waals surface area (Å²) in [5.41, 5.74) is 1.06. The van der Waals surface area contributed by atoms with Crippen LogP contribution >= 0.6 is 0 Å². The topological polar surface area (TPSA) is 67.9 Å². The van der Waals surface area contributed by atoms with E-state index in [1.807, 2.05) is 24.3 Å². The highest BCUT2D eigenvalue weighted by atomic mass is 16.5. The number of rotatable bonds is 8. The van der Waals surface area contributed by atoms with Crippen molar-refractivity contribution in [3.05, 3.63) is 29.8 Å². The Morgan fingerprint density at radius 1 is 1.39 bits per heavy atom. The van der Waals surface area contributed by atoms with Crippen molar-refractivity contribution in [3.8, 4) is 5.75 Å². The van der Waals surface area contributed by atoms with E-state index in [0.717, 1.165) is 11.3 Å². The van der Waals surface area contributed by atoms with Crippen molar-refractivity contribution >= 4 is 11.8 Å². The monoisotopic (exact) mass is 320 g/mol. The van der Waals surface area contributed by atoms with Crippen LogP contribution in [0.4, 0.5) is 0 Å². The quantitative estimate of drug-likeness (QED) is 0.776. The van der Waals surface area contributed by atoms with Gasteiger partial charge in [0.25, 0.3) is 0 Å². The molecule has 0 saturated carbocycles. The van der Waals surface area contributed by atoms with Crippen LogP contribution in [-0.4, -0.2) is 56.7 Å². The van der Waals surface area contributed by atoms with Gasteiger partial charge >= 0.3 is 0 Å². The highest BCUT2D eigenvalue weighted by Gasteiger charge is 2.29. The summed E-state index contributed by atoms with van der Waals surface area (Å²) in [6.07, 6.45) is 1.42. The maximum Gasteiger partial charge on any atom is 0.224 e. The Morgan fingerprint density at radius 3 is 2.96 bits per heavy atom. The SMILES string of the molecule is COCCN1C[C@@H](NC(=O)CCc2cccc(OC)c2)CC1=O. The molecule has 1 aliphatic rings. The molecule has 6 heteroatoms. The van der Waals surface area contributed by atoms with Crippen LogP contribution in [0.15, 0.2) is 24.3 Å². The van der Waals surface area contributed by atoms with Gasteiger partial charge < -0.3 is 19.7 Å². The van der Waals surface area contributed by atoms with Crippen molar-refractivity contribution in [1.82, 2.24) is 10.2 Å². The van der Waals surface area contributed by atoms with Crippen LogP contribution in [0.1, 0.15) is 18.4 Å². The molecule has 0 spiro atoms. The number of ether oxygens (including phenoxy) is 2. The van der Waals surface area contributed by atoms with Crippen molar-refractivity contribution in [3.63, 3.8) is 0 Å². The summed E-state index contributed by atoms with van der Waals surface area (Å²) in [6, 6.07) is 7.59. The zero-order valence-electron chi connectivity index (χ0n) is 13.7. The van der Waals surface area contributed by atoms with Gasteiger partial charge in [-0.25, -0.2) is 0 Å². The first-order chi connectivity index (χ1) is 11.1. The van der Waals surface area contributed by atoms with Gasteiger partial charge in [-0.15, -0.1) is 0 Å². The normalized spacial score (nSPS) is 17.4. The predicted molar refractivity (Wildman–Crippen MR) is 86.3 cm³/mol. The third kappa shape index (κ3) is 5.25. The molecule has 0 aromatic heterocycles. The molecule has 1 heterocycles. The molecule has 1 atom stereocenters. The summed E-state index contributed by atoms with van der Waals surface area (Å²) in [4.78, 5) is 25.6. The fraction of sp³-hybridized carbons (Fsp3) is 0.529. The maximum atomic E-state index is 12.1. The van der Waals surface area contributed by atoms with Crippen LogP contribution in [0.5, 0.6) is 5.75 Å². The molecule has 0 radical (unpaired) electrons. The van der Waals surface area contributed by atoms with Gasteiger partial charge in [0.1, 0.15) is 5.75 Å². The van der Waals surface area contributed by atoms with E-state index in [1.54, 1.807) is 19.1 Å². The first-order valence-corrected chi connectivity index (χ1v) is 7.81. The molecule has 0 aliphatic carbocycles. The third-order valence-electron chi connectivity index (χ3n) is 3.92. The fourth-order valence-electron chi connectivity index (χ4n) is 2.67. The van der Waals surface area contributed by atoms with Gasteiger partial charge in [-0.2, -0.15) is 0 Å². The lowest BCUT2D eigenvalue weighted by atomic mass is 10.1. The van der Waals surface area contributed by atoms with Crippen molar-refractivity contribution in [2.75, 3.05) is 33.9 Å². The Hall–Kier alpha value is -2.08. The van der Waals surface area contributed by atoms with Gasteiger partial charge in [0.15, 0.2) is 0 Å². The number of likely N-dealkylation sites (tertiary alicyclic amines) is 1. The maximum absolute atomic E-state index is 12.1. The van der Waals surface area contributed by atoms with E-state index in [0.29, 0.717) is 39.0 Å². The summed E-state index contributed by atoms with van der Waals surface area (Å²) in [5.74, 6) is 0.831. The molecule has 1 fully saturated rings. The third-order valence-corrected chi connectivity index (χ3v) is 3.92. The average Bonchev–Trinajstić information content (AvgIpc) is 2.90. The van der Waals surface area contributed by atoms with Crippen molar-refractivity contribution < 1.29 is 19.1 Å². The largest absolute Gasteiger partial charge is 0.497 e. The second-order valence-corrected chi connectivity index (χ2v) is 5.65. The van der Waals surface area contributed by atoms with Gasteiger partial charge in [0.05, 0.1) is 19.8 Å². The van der Waals surface area contributed by atoms with Gasteiger partial charge in [-0.3, -0.25) is 9.59 Å².